The Morgan fingerprint density at radius 3 is 2.41 bits per heavy atom. The van der Waals surface area contributed by atoms with Crippen molar-refractivity contribution in [3.63, 3.8) is 0 Å². The van der Waals surface area contributed by atoms with Crippen molar-refractivity contribution in [2.24, 2.45) is 7.05 Å². The van der Waals surface area contributed by atoms with Crippen LogP contribution in [0, 0.1) is 6.92 Å². The van der Waals surface area contributed by atoms with Crippen LogP contribution in [0.4, 0.5) is 8.78 Å². The van der Waals surface area contributed by atoms with Crippen LogP contribution in [0.2, 0.25) is 5.02 Å². The number of aromatic nitrogens is 2. The van der Waals surface area contributed by atoms with E-state index >= 15 is 0 Å². The van der Waals surface area contributed by atoms with E-state index in [-0.39, 0.29) is 17.2 Å². The number of rotatable bonds is 7. The number of carbonyl (C=O) groups excluding carboxylic acids is 1. The number of carboxylic acid groups (broad SMARTS) is 1. The maximum atomic E-state index is 13.6. The molecule has 0 fully saturated rings. The van der Waals surface area contributed by atoms with Crippen LogP contribution in [0.15, 0.2) is 42.5 Å². The van der Waals surface area contributed by atoms with Crippen LogP contribution >= 0.6 is 11.6 Å². The predicted octanol–water partition coefficient (Wildman–Crippen LogP) is 5.30. The Balaban J connectivity index is 1.91. The smallest absolute Gasteiger partial charge is 0.335 e. The zero-order chi connectivity index (χ0) is 23.6. The fourth-order valence-electron chi connectivity index (χ4n) is 3.03. The van der Waals surface area contributed by atoms with E-state index in [0.717, 1.165) is 10.2 Å². The molecule has 3 aromatic rings. The minimum atomic E-state index is -3.01. The number of aromatic carboxylic acids is 1. The summed E-state index contributed by atoms with van der Waals surface area (Å²) in [6, 6.07) is 10.1. The molecule has 0 saturated carbocycles. The molecule has 0 aliphatic heterocycles. The molecule has 2 N–H and O–H groups in total. The van der Waals surface area contributed by atoms with Gasteiger partial charge in [0, 0.05) is 12.1 Å². The van der Waals surface area contributed by atoms with Gasteiger partial charge in [0.2, 0.25) is 5.88 Å². The summed E-state index contributed by atoms with van der Waals surface area (Å²) in [7, 11) is 1.39. The number of halogens is 3. The lowest BCUT2D eigenvalue weighted by Crippen LogP contribution is -2.27. The first-order chi connectivity index (χ1) is 15.1. The van der Waals surface area contributed by atoms with Gasteiger partial charge in [-0.2, -0.15) is 5.10 Å². The van der Waals surface area contributed by atoms with Gasteiger partial charge in [-0.15, -0.1) is 0 Å². The highest BCUT2D eigenvalue weighted by Crippen LogP contribution is 2.34. The van der Waals surface area contributed by atoms with Gasteiger partial charge < -0.3 is 15.2 Å². The van der Waals surface area contributed by atoms with Gasteiger partial charge in [-0.1, -0.05) is 29.8 Å². The van der Waals surface area contributed by atoms with Gasteiger partial charge in [0.05, 0.1) is 11.6 Å². The number of ether oxygens (including phenoxy) is 1. The molecule has 0 aliphatic carbocycles. The Labute approximate surface area is 187 Å². The lowest BCUT2D eigenvalue weighted by Gasteiger charge is -2.16. The van der Waals surface area contributed by atoms with Crippen LogP contribution in [0.25, 0.3) is 0 Å². The van der Waals surface area contributed by atoms with Crippen LogP contribution in [0.1, 0.15) is 56.9 Å². The van der Waals surface area contributed by atoms with Crippen molar-refractivity contribution < 1.29 is 28.2 Å². The van der Waals surface area contributed by atoms with Crippen LogP contribution in [0.3, 0.4) is 0 Å². The normalized spacial score (nSPS) is 12.0. The molecule has 0 radical (unpaired) electrons. The summed E-state index contributed by atoms with van der Waals surface area (Å²) in [6.07, 6.45) is -3.01. The molecule has 0 aliphatic rings. The van der Waals surface area contributed by atoms with Crippen molar-refractivity contribution in [3.05, 3.63) is 75.4 Å². The molecule has 0 spiro atoms. The molecule has 0 saturated heterocycles. The molecule has 2 aromatic carbocycles. The van der Waals surface area contributed by atoms with Crippen molar-refractivity contribution in [2.45, 2.75) is 26.3 Å². The number of amides is 1. The topological polar surface area (TPSA) is 93.4 Å². The summed E-state index contributed by atoms with van der Waals surface area (Å²) < 4.78 is 34.0. The third kappa shape index (κ3) is 4.88. The van der Waals surface area contributed by atoms with E-state index in [0.29, 0.717) is 10.6 Å². The van der Waals surface area contributed by atoms with E-state index in [1.165, 1.54) is 37.4 Å². The lowest BCUT2D eigenvalue weighted by molar-refractivity contribution is 0.0696. The number of nitrogens with one attached hydrogen (secondary N) is 1. The predicted molar refractivity (Wildman–Crippen MR) is 114 cm³/mol. The lowest BCUT2D eigenvalue weighted by atomic mass is 10.1. The summed E-state index contributed by atoms with van der Waals surface area (Å²) in [5.41, 5.74) is 0.378. The third-order valence-corrected chi connectivity index (χ3v) is 5.23. The Kier molecular flexibility index (Phi) is 6.78. The van der Waals surface area contributed by atoms with Crippen molar-refractivity contribution in [2.75, 3.05) is 0 Å². The Morgan fingerprint density at radius 1 is 1.19 bits per heavy atom. The summed E-state index contributed by atoms with van der Waals surface area (Å²) in [6.45, 7) is 3.45. The molecule has 0 bridgehead atoms. The van der Waals surface area contributed by atoms with Gasteiger partial charge in [-0.25, -0.2) is 18.3 Å². The maximum absolute atomic E-state index is 13.6. The third-order valence-electron chi connectivity index (χ3n) is 4.82. The van der Waals surface area contributed by atoms with Crippen LogP contribution in [-0.4, -0.2) is 26.8 Å². The van der Waals surface area contributed by atoms with Crippen molar-refractivity contribution in [1.29, 1.82) is 0 Å². The number of benzene rings is 2. The molecule has 1 aromatic heterocycles. The standard InChI is InChI=1S/C22H20ClF2N3O4/c1-11-4-9-15(10-16(11)23)32-21-17(18(19(24)25)27-28(21)3)20(29)26-12(2)13-5-7-14(8-6-13)22(30)31/h4-10,12,19H,1-3H3,(H,26,29)(H,30,31)/t12-/m0/s1. The zero-order valence-corrected chi connectivity index (χ0v) is 18.2. The number of aryl methyl sites for hydroxylation is 2. The molecular weight excluding hydrogens is 444 g/mol. The molecule has 1 heterocycles. The number of alkyl halides is 2. The fourth-order valence-corrected chi connectivity index (χ4v) is 3.20. The number of hydrogen-bond acceptors (Lipinski definition) is 4. The van der Waals surface area contributed by atoms with Gasteiger partial charge >= 0.3 is 5.97 Å². The quantitative estimate of drug-likeness (QED) is 0.496. The first-order valence-corrected chi connectivity index (χ1v) is 9.89. The Bertz CT molecular complexity index is 1160. The summed E-state index contributed by atoms with van der Waals surface area (Å²) in [5, 5.41) is 15.8. The number of hydrogen-bond donors (Lipinski definition) is 2. The van der Waals surface area contributed by atoms with Gasteiger partial charge in [-0.05, 0) is 49.2 Å². The van der Waals surface area contributed by atoms with Crippen molar-refractivity contribution >= 4 is 23.5 Å². The van der Waals surface area contributed by atoms with E-state index in [1.54, 1.807) is 26.0 Å². The highest BCUT2D eigenvalue weighted by atomic mass is 35.5. The molecule has 168 valence electrons. The molecule has 3 rings (SSSR count). The number of carbonyl (C=O) groups is 2. The SMILES string of the molecule is Cc1ccc(Oc2c(C(=O)N[C@@H](C)c3ccc(C(=O)O)cc3)c(C(F)F)nn2C)cc1Cl. The average molecular weight is 464 g/mol. The van der Waals surface area contributed by atoms with Crippen molar-refractivity contribution in [3.8, 4) is 11.6 Å². The van der Waals surface area contributed by atoms with Gasteiger partial charge in [0.15, 0.2) is 0 Å². The summed E-state index contributed by atoms with van der Waals surface area (Å²) in [4.78, 5) is 24.0. The average Bonchev–Trinajstić information content (AvgIpc) is 3.07. The minimum absolute atomic E-state index is 0.0898. The number of nitrogens with zero attached hydrogens (tertiary/aromatic N) is 2. The molecule has 10 heteroatoms. The highest BCUT2D eigenvalue weighted by molar-refractivity contribution is 6.31. The van der Waals surface area contributed by atoms with Gasteiger partial charge in [0.25, 0.3) is 12.3 Å². The van der Waals surface area contributed by atoms with Gasteiger partial charge in [0.1, 0.15) is 17.0 Å². The molecule has 0 unspecified atom stereocenters. The Hall–Kier alpha value is -3.46. The Morgan fingerprint density at radius 2 is 1.84 bits per heavy atom. The van der Waals surface area contributed by atoms with E-state index < -0.39 is 35.6 Å². The van der Waals surface area contributed by atoms with Crippen LogP contribution in [-0.2, 0) is 7.05 Å². The van der Waals surface area contributed by atoms with E-state index in [4.69, 9.17) is 21.4 Å². The van der Waals surface area contributed by atoms with Crippen LogP contribution < -0.4 is 10.1 Å². The summed E-state index contributed by atoms with van der Waals surface area (Å²) in [5.74, 6) is -1.79. The molecule has 1 amide bonds. The van der Waals surface area contributed by atoms with E-state index in [1.807, 2.05) is 0 Å². The monoisotopic (exact) mass is 463 g/mol. The zero-order valence-electron chi connectivity index (χ0n) is 17.4. The largest absolute Gasteiger partial charge is 0.478 e. The second-order valence-corrected chi connectivity index (χ2v) is 7.53. The van der Waals surface area contributed by atoms with E-state index in [9.17, 15) is 18.4 Å². The van der Waals surface area contributed by atoms with Gasteiger partial charge in [-0.3, -0.25) is 4.79 Å². The maximum Gasteiger partial charge on any atom is 0.335 e. The molecule has 7 nitrogen and oxygen atoms in total. The molecule has 1 atom stereocenters. The fraction of sp³-hybridized carbons (Fsp3) is 0.227. The molecule has 32 heavy (non-hydrogen) atoms. The second-order valence-electron chi connectivity index (χ2n) is 7.13. The molecular formula is C22H20ClF2N3O4. The second kappa shape index (κ2) is 9.35. The van der Waals surface area contributed by atoms with Crippen LogP contribution in [0.5, 0.6) is 11.6 Å². The van der Waals surface area contributed by atoms with E-state index in [2.05, 4.69) is 10.4 Å². The highest BCUT2D eigenvalue weighted by Gasteiger charge is 2.30. The first-order valence-electron chi connectivity index (χ1n) is 9.51. The minimum Gasteiger partial charge on any atom is -0.478 e. The first kappa shape index (κ1) is 23.2. The van der Waals surface area contributed by atoms with Crippen molar-refractivity contribution in [1.82, 2.24) is 15.1 Å². The summed E-state index contributed by atoms with van der Waals surface area (Å²) >= 11 is 6.11. The number of carboxylic acids is 1.